The molecule has 160 valence electrons. The van der Waals surface area contributed by atoms with Crippen molar-refractivity contribution in [2.75, 3.05) is 7.05 Å². The number of fused-ring (bicyclic) bond motifs is 1. The highest BCUT2D eigenvalue weighted by Gasteiger charge is 2.29. The molecule has 0 amide bonds. The van der Waals surface area contributed by atoms with Crippen molar-refractivity contribution in [2.24, 2.45) is 0 Å². The minimum atomic E-state index is -2.27. The van der Waals surface area contributed by atoms with Gasteiger partial charge in [-0.25, -0.2) is 14.0 Å². The van der Waals surface area contributed by atoms with E-state index in [1.54, 1.807) is 11.8 Å². The standard InChI is InChI=1S/C16H15FN2S.C4H6O6/c1-18-9-11-4-2-3-5-15(11)20-16-10-19-14-8-12(17)6-7-13(14)16;5-1(3(7)8)2(6)4(9)10/h2-8,10,18-19H,9H2,1H3;1-2,5-6H,(H,7,8)(H,9,10)/t;1-,2-/m.0/s1. The molecule has 3 aromatic rings. The Morgan fingerprint density at radius 1 is 1.07 bits per heavy atom. The molecular formula is C20H21FN2O6S. The Kier molecular flexibility index (Phi) is 8.36. The summed E-state index contributed by atoms with van der Waals surface area (Å²) in [6.45, 7) is 0.833. The SMILES string of the molecule is CNCc1ccccc1Sc1c[nH]c2cc(F)ccc12.O=C(O)[C@@H](O)[C@H](O)C(=O)O. The van der Waals surface area contributed by atoms with Crippen molar-refractivity contribution < 1.29 is 34.4 Å². The third-order valence-electron chi connectivity index (χ3n) is 3.97. The molecule has 0 bridgehead atoms. The van der Waals surface area contributed by atoms with E-state index in [0.717, 1.165) is 22.3 Å². The van der Waals surface area contributed by atoms with E-state index in [2.05, 4.69) is 22.4 Å². The minimum Gasteiger partial charge on any atom is -0.479 e. The highest BCUT2D eigenvalue weighted by Crippen LogP contribution is 2.35. The molecule has 0 fully saturated rings. The number of carboxylic acids is 2. The molecule has 0 unspecified atom stereocenters. The summed E-state index contributed by atoms with van der Waals surface area (Å²) in [5.74, 6) is -3.75. The number of hydrogen-bond donors (Lipinski definition) is 6. The lowest BCUT2D eigenvalue weighted by Crippen LogP contribution is -2.39. The van der Waals surface area contributed by atoms with Crippen LogP contribution < -0.4 is 5.32 Å². The van der Waals surface area contributed by atoms with Crippen LogP contribution in [0.4, 0.5) is 4.39 Å². The summed E-state index contributed by atoms with van der Waals surface area (Å²) in [5.41, 5.74) is 2.09. The molecule has 2 aromatic carbocycles. The number of aliphatic carboxylic acids is 2. The molecular weight excluding hydrogens is 415 g/mol. The monoisotopic (exact) mass is 436 g/mol. The summed E-state index contributed by atoms with van der Waals surface area (Å²) in [5, 5.41) is 36.8. The fourth-order valence-corrected chi connectivity index (χ4v) is 3.55. The fraction of sp³-hybridized carbons (Fsp3) is 0.200. The summed E-state index contributed by atoms with van der Waals surface area (Å²) in [4.78, 5) is 25.0. The molecule has 10 heteroatoms. The van der Waals surface area contributed by atoms with Gasteiger partial charge in [0.05, 0.1) is 0 Å². The first-order valence-electron chi connectivity index (χ1n) is 8.73. The van der Waals surface area contributed by atoms with E-state index >= 15 is 0 Å². The van der Waals surface area contributed by atoms with Crippen LogP contribution in [0.25, 0.3) is 10.9 Å². The van der Waals surface area contributed by atoms with Crippen LogP contribution in [0, 0.1) is 5.82 Å². The second kappa shape index (κ2) is 10.7. The zero-order chi connectivity index (χ0) is 22.3. The Balaban J connectivity index is 0.000000274. The molecule has 0 saturated heterocycles. The topological polar surface area (TPSA) is 143 Å². The maximum absolute atomic E-state index is 13.2. The van der Waals surface area contributed by atoms with Crippen LogP contribution in [-0.2, 0) is 16.1 Å². The van der Waals surface area contributed by atoms with E-state index in [-0.39, 0.29) is 5.82 Å². The van der Waals surface area contributed by atoms with Gasteiger partial charge in [0.2, 0.25) is 0 Å². The van der Waals surface area contributed by atoms with Crippen LogP contribution in [0.1, 0.15) is 5.56 Å². The largest absolute Gasteiger partial charge is 0.479 e. The first-order valence-corrected chi connectivity index (χ1v) is 9.55. The lowest BCUT2D eigenvalue weighted by Gasteiger charge is -2.07. The van der Waals surface area contributed by atoms with Gasteiger partial charge < -0.3 is 30.7 Å². The number of carbonyl (C=O) groups is 2. The first kappa shape index (κ1) is 23.4. The fourth-order valence-electron chi connectivity index (χ4n) is 2.48. The van der Waals surface area contributed by atoms with Gasteiger partial charge in [0.25, 0.3) is 0 Å². The predicted octanol–water partition coefficient (Wildman–Crippen LogP) is 2.05. The number of aliphatic hydroxyl groups excluding tert-OH is 2. The van der Waals surface area contributed by atoms with E-state index in [1.165, 1.54) is 22.6 Å². The van der Waals surface area contributed by atoms with E-state index in [1.807, 2.05) is 31.4 Å². The number of nitrogens with one attached hydrogen (secondary N) is 2. The Hall–Kier alpha value is -2.92. The van der Waals surface area contributed by atoms with Gasteiger partial charge in [0.15, 0.2) is 12.2 Å². The zero-order valence-electron chi connectivity index (χ0n) is 15.9. The number of halogens is 1. The summed E-state index contributed by atoms with van der Waals surface area (Å²) in [7, 11) is 1.94. The van der Waals surface area contributed by atoms with Crippen molar-refractivity contribution in [1.82, 2.24) is 10.3 Å². The second-order valence-electron chi connectivity index (χ2n) is 6.15. The molecule has 0 radical (unpaired) electrons. The number of benzene rings is 2. The number of aromatic amines is 1. The van der Waals surface area contributed by atoms with E-state index in [0.29, 0.717) is 0 Å². The molecule has 30 heavy (non-hydrogen) atoms. The van der Waals surface area contributed by atoms with Crippen molar-refractivity contribution in [3.63, 3.8) is 0 Å². The predicted molar refractivity (Wildman–Crippen MR) is 109 cm³/mol. The van der Waals surface area contributed by atoms with Crippen LogP contribution in [0.5, 0.6) is 0 Å². The molecule has 0 spiro atoms. The minimum absolute atomic E-state index is 0.216. The summed E-state index contributed by atoms with van der Waals surface area (Å²) >= 11 is 1.70. The van der Waals surface area contributed by atoms with Crippen molar-refractivity contribution in [3.8, 4) is 0 Å². The Morgan fingerprint density at radius 3 is 2.30 bits per heavy atom. The number of carboxylic acid groups (broad SMARTS) is 2. The van der Waals surface area contributed by atoms with Crippen LogP contribution in [-0.4, -0.2) is 56.6 Å². The van der Waals surface area contributed by atoms with Gasteiger partial charge in [-0.3, -0.25) is 0 Å². The Bertz CT molecular complexity index is 1010. The molecule has 8 nitrogen and oxygen atoms in total. The Morgan fingerprint density at radius 2 is 1.70 bits per heavy atom. The molecule has 3 rings (SSSR count). The summed E-state index contributed by atoms with van der Waals surface area (Å²) in [6, 6.07) is 13.2. The maximum atomic E-state index is 13.2. The molecule has 1 aromatic heterocycles. The second-order valence-corrected chi connectivity index (χ2v) is 7.23. The quantitative estimate of drug-likeness (QED) is 0.330. The maximum Gasteiger partial charge on any atom is 0.335 e. The zero-order valence-corrected chi connectivity index (χ0v) is 16.7. The van der Waals surface area contributed by atoms with Crippen LogP contribution >= 0.6 is 11.8 Å². The van der Waals surface area contributed by atoms with Gasteiger partial charge >= 0.3 is 11.9 Å². The van der Waals surface area contributed by atoms with E-state index in [9.17, 15) is 14.0 Å². The molecule has 0 saturated carbocycles. The number of aliphatic hydroxyl groups is 2. The lowest BCUT2D eigenvalue weighted by molar-refractivity contribution is -0.165. The Labute approximate surface area is 175 Å². The highest BCUT2D eigenvalue weighted by molar-refractivity contribution is 7.99. The van der Waals surface area contributed by atoms with E-state index in [4.69, 9.17) is 20.4 Å². The van der Waals surface area contributed by atoms with Gasteiger partial charge in [0.1, 0.15) is 5.82 Å². The van der Waals surface area contributed by atoms with Crippen LogP contribution in [0.3, 0.4) is 0 Å². The van der Waals surface area contributed by atoms with Gasteiger partial charge in [-0.15, -0.1) is 0 Å². The number of rotatable bonds is 7. The lowest BCUT2D eigenvalue weighted by atomic mass is 10.2. The van der Waals surface area contributed by atoms with Crippen molar-refractivity contribution >= 4 is 34.6 Å². The summed E-state index contributed by atoms with van der Waals surface area (Å²) in [6.07, 6.45) is -2.60. The molecule has 6 N–H and O–H groups in total. The van der Waals surface area contributed by atoms with Gasteiger partial charge in [0, 0.05) is 33.4 Å². The highest BCUT2D eigenvalue weighted by atomic mass is 32.2. The summed E-state index contributed by atoms with van der Waals surface area (Å²) < 4.78 is 13.2. The molecule has 2 atom stereocenters. The average molecular weight is 436 g/mol. The molecule has 0 aliphatic rings. The van der Waals surface area contributed by atoms with Gasteiger partial charge in [-0.2, -0.15) is 0 Å². The van der Waals surface area contributed by atoms with Crippen LogP contribution in [0.2, 0.25) is 0 Å². The van der Waals surface area contributed by atoms with E-state index < -0.39 is 24.1 Å². The van der Waals surface area contributed by atoms with Crippen molar-refractivity contribution in [1.29, 1.82) is 0 Å². The number of hydrogen-bond acceptors (Lipinski definition) is 6. The third-order valence-corrected chi connectivity index (χ3v) is 5.15. The first-order chi connectivity index (χ1) is 14.2. The van der Waals surface area contributed by atoms with Crippen LogP contribution in [0.15, 0.2) is 58.5 Å². The van der Waals surface area contributed by atoms with Gasteiger partial charge in [-0.05, 0) is 36.9 Å². The van der Waals surface area contributed by atoms with Gasteiger partial charge in [-0.1, -0.05) is 30.0 Å². The van der Waals surface area contributed by atoms with Crippen molar-refractivity contribution in [2.45, 2.75) is 28.5 Å². The molecule has 1 heterocycles. The normalized spacial score (nSPS) is 12.7. The molecule has 0 aliphatic carbocycles. The number of H-pyrrole nitrogens is 1. The third kappa shape index (κ3) is 6.04. The molecule has 0 aliphatic heterocycles. The average Bonchev–Trinajstić information content (AvgIpc) is 3.10. The number of aromatic nitrogens is 1. The van der Waals surface area contributed by atoms with Crippen molar-refractivity contribution in [3.05, 3.63) is 60.0 Å². The smallest absolute Gasteiger partial charge is 0.335 e.